The molecule has 1 heterocycles. The molecule has 0 unspecified atom stereocenters. The predicted octanol–water partition coefficient (Wildman–Crippen LogP) is 1.73. The van der Waals surface area contributed by atoms with Crippen molar-refractivity contribution in [3.05, 3.63) is 18.3 Å². The SMILES string of the molecule is COc1ccc(OCC(F)F)cn1. The van der Waals surface area contributed by atoms with Gasteiger partial charge in [0, 0.05) is 6.07 Å². The lowest BCUT2D eigenvalue weighted by atomic mass is 10.4. The maximum Gasteiger partial charge on any atom is 0.272 e. The third-order valence-electron chi connectivity index (χ3n) is 1.29. The van der Waals surface area contributed by atoms with E-state index in [1.54, 1.807) is 6.07 Å². The van der Waals surface area contributed by atoms with Crippen LogP contribution in [-0.2, 0) is 0 Å². The number of alkyl halides is 2. The Morgan fingerprint density at radius 3 is 2.69 bits per heavy atom. The molecule has 0 amide bonds. The van der Waals surface area contributed by atoms with Crippen LogP contribution in [0.4, 0.5) is 8.78 Å². The van der Waals surface area contributed by atoms with Crippen molar-refractivity contribution in [1.82, 2.24) is 4.98 Å². The largest absolute Gasteiger partial charge is 0.486 e. The number of ether oxygens (including phenoxy) is 2. The summed E-state index contributed by atoms with van der Waals surface area (Å²) in [4.78, 5) is 3.78. The van der Waals surface area contributed by atoms with Gasteiger partial charge >= 0.3 is 0 Å². The molecule has 0 aliphatic heterocycles. The second-order valence-corrected chi connectivity index (χ2v) is 2.24. The van der Waals surface area contributed by atoms with E-state index in [-0.39, 0.29) is 0 Å². The molecule has 0 fully saturated rings. The summed E-state index contributed by atoms with van der Waals surface area (Å²) in [6, 6.07) is 3.06. The molecule has 1 aromatic rings. The second kappa shape index (κ2) is 4.59. The molecule has 0 spiro atoms. The van der Waals surface area contributed by atoms with Crippen LogP contribution in [0.1, 0.15) is 0 Å². The van der Waals surface area contributed by atoms with Gasteiger partial charge in [-0.1, -0.05) is 0 Å². The van der Waals surface area contributed by atoms with Crippen molar-refractivity contribution in [2.45, 2.75) is 6.43 Å². The molecular weight excluding hydrogens is 180 g/mol. The van der Waals surface area contributed by atoms with E-state index in [9.17, 15) is 8.78 Å². The van der Waals surface area contributed by atoms with E-state index in [2.05, 4.69) is 4.98 Å². The van der Waals surface area contributed by atoms with E-state index in [0.717, 1.165) is 0 Å². The second-order valence-electron chi connectivity index (χ2n) is 2.24. The lowest BCUT2D eigenvalue weighted by molar-refractivity contribution is 0.0817. The van der Waals surface area contributed by atoms with Gasteiger partial charge in [-0.3, -0.25) is 0 Å². The average molecular weight is 189 g/mol. The molecule has 13 heavy (non-hydrogen) atoms. The molecule has 1 rings (SSSR count). The molecule has 0 aliphatic rings. The molecule has 0 bridgehead atoms. The summed E-state index contributed by atoms with van der Waals surface area (Å²) < 4.78 is 32.9. The lowest BCUT2D eigenvalue weighted by Crippen LogP contribution is -2.06. The molecular formula is C8H9F2NO2. The van der Waals surface area contributed by atoms with Gasteiger partial charge in [0.15, 0.2) is 0 Å². The van der Waals surface area contributed by atoms with E-state index in [0.29, 0.717) is 11.6 Å². The highest BCUT2D eigenvalue weighted by atomic mass is 19.3. The van der Waals surface area contributed by atoms with Crippen LogP contribution in [0.25, 0.3) is 0 Å². The molecule has 5 heteroatoms. The molecule has 72 valence electrons. The van der Waals surface area contributed by atoms with Crippen LogP contribution < -0.4 is 9.47 Å². The van der Waals surface area contributed by atoms with Crippen LogP contribution in [0.3, 0.4) is 0 Å². The van der Waals surface area contributed by atoms with Crippen LogP contribution in [0.15, 0.2) is 18.3 Å². The Balaban J connectivity index is 2.49. The fraction of sp³-hybridized carbons (Fsp3) is 0.375. The normalized spacial score (nSPS) is 10.2. The number of nitrogens with zero attached hydrogens (tertiary/aromatic N) is 1. The Bertz CT molecular complexity index is 251. The fourth-order valence-corrected chi connectivity index (χ4v) is 0.732. The number of rotatable bonds is 4. The molecule has 3 nitrogen and oxygen atoms in total. The molecule has 1 aromatic heterocycles. The Hall–Kier alpha value is -1.39. The lowest BCUT2D eigenvalue weighted by Gasteiger charge is -2.04. The van der Waals surface area contributed by atoms with E-state index in [4.69, 9.17) is 9.47 Å². The van der Waals surface area contributed by atoms with Gasteiger partial charge in [-0.25, -0.2) is 13.8 Å². The van der Waals surface area contributed by atoms with Crippen molar-refractivity contribution in [3.63, 3.8) is 0 Å². The van der Waals surface area contributed by atoms with Crippen molar-refractivity contribution >= 4 is 0 Å². The third kappa shape index (κ3) is 3.23. The zero-order chi connectivity index (χ0) is 9.68. The Labute approximate surface area is 74.3 Å². The number of hydrogen-bond donors (Lipinski definition) is 0. The van der Waals surface area contributed by atoms with Gasteiger partial charge in [0.2, 0.25) is 5.88 Å². The Morgan fingerprint density at radius 2 is 2.23 bits per heavy atom. The maximum absolute atomic E-state index is 11.7. The van der Waals surface area contributed by atoms with Gasteiger partial charge in [0.25, 0.3) is 6.43 Å². The first kappa shape index (κ1) is 9.70. The first-order valence-corrected chi connectivity index (χ1v) is 3.63. The van der Waals surface area contributed by atoms with Crippen LogP contribution >= 0.6 is 0 Å². The summed E-state index contributed by atoms with van der Waals surface area (Å²) >= 11 is 0. The molecule has 0 aliphatic carbocycles. The summed E-state index contributed by atoms with van der Waals surface area (Å²) in [7, 11) is 1.47. The van der Waals surface area contributed by atoms with Gasteiger partial charge in [-0.2, -0.15) is 0 Å². The van der Waals surface area contributed by atoms with Gasteiger partial charge in [0.1, 0.15) is 12.4 Å². The monoisotopic (exact) mass is 189 g/mol. The van der Waals surface area contributed by atoms with E-state index < -0.39 is 13.0 Å². The van der Waals surface area contributed by atoms with Crippen LogP contribution in [0, 0.1) is 0 Å². The van der Waals surface area contributed by atoms with Crippen molar-refractivity contribution in [3.8, 4) is 11.6 Å². The summed E-state index contributed by atoms with van der Waals surface area (Å²) in [5.41, 5.74) is 0. The minimum Gasteiger partial charge on any atom is -0.486 e. The van der Waals surface area contributed by atoms with Crippen molar-refractivity contribution in [2.75, 3.05) is 13.7 Å². The van der Waals surface area contributed by atoms with Gasteiger partial charge in [0.05, 0.1) is 13.3 Å². The Kier molecular flexibility index (Phi) is 3.42. The summed E-state index contributed by atoms with van der Waals surface area (Å²) in [6.07, 6.45) is -1.14. The first-order valence-electron chi connectivity index (χ1n) is 3.63. The van der Waals surface area contributed by atoms with Gasteiger partial charge in [-0.15, -0.1) is 0 Å². The van der Waals surface area contributed by atoms with Crippen molar-refractivity contribution in [1.29, 1.82) is 0 Å². The van der Waals surface area contributed by atoms with Crippen molar-refractivity contribution < 1.29 is 18.3 Å². The predicted molar refractivity (Wildman–Crippen MR) is 42.3 cm³/mol. The quantitative estimate of drug-likeness (QED) is 0.722. The van der Waals surface area contributed by atoms with Gasteiger partial charge < -0.3 is 9.47 Å². The molecule has 0 radical (unpaired) electrons. The topological polar surface area (TPSA) is 31.4 Å². The highest BCUT2D eigenvalue weighted by molar-refractivity contribution is 5.22. The molecule has 0 atom stereocenters. The summed E-state index contributed by atoms with van der Waals surface area (Å²) in [5.74, 6) is 0.727. The Morgan fingerprint density at radius 1 is 1.46 bits per heavy atom. The zero-order valence-corrected chi connectivity index (χ0v) is 7.04. The molecule has 0 N–H and O–H groups in total. The number of pyridine rings is 1. The minimum absolute atomic E-state index is 0.307. The first-order chi connectivity index (χ1) is 6.22. The number of halogens is 2. The molecule has 0 saturated carbocycles. The van der Waals surface area contributed by atoms with Crippen molar-refractivity contribution in [2.24, 2.45) is 0 Å². The molecule has 0 saturated heterocycles. The number of aromatic nitrogens is 1. The van der Waals surface area contributed by atoms with Crippen LogP contribution in [0.5, 0.6) is 11.6 Å². The van der Waals surface area contributed by atoms with Gasteiger partial charge in [-0.05, 0) is 6.07 Å². The highest BCUT2D eigenvalue weighted by Crippen LogP contribution is 2.13. The smallest absolute Gasteiger partial charge is 0.272 e. The third-order valence-corrected chi connectivity index (χ3v) is 1.29. The van der Waals surface area contributed by atoms with E-state index in [1.807, 2.05) is 0 Å². The van der Waals surface area contributed by atoms with E-state index >= 15 is 0 Å². The maximum atomic E-state index is 11.7. The van der Waals surface area contributed by atoms with Crippen LogP contribution in [0.2, 0.25) is 0 Å². The number of methoxy groups -OCH3 is 1. The zero-order valence-electron chi connectivity index (χ0n) is 7.04. The van der Waals surface area contributed by atoms with E-state index in [1.165, 1.54) is 19.4 Å². The number of hydrogen-bond acceptors (Lipinski definition) is 3. The summed E-state index contributed by atoms with van der Waals surface area (Å²) in [5, 5.41) is 0. The fourth-order valence-electron chi connectivity index (χ4n) is 0.732. The highest BCUT2D eigenvalue weighted by Gasteiger charge is 2.03. The standard InChI is InChI=1S/C8H9F2NO2/c1-12-8-3-2-6(4-11-8)13-5-7(9)10/h2-4,7H,5H2,1H3. The molecule has 0 aromatic carbocycles. The minimum atomic E-state index is -2.47. The van der Waals surface area contributed by atoms with Crippen LogP contribution in [-0.4, -0.2) is 25.1 Å². The average Bonchev–Trinajstić information content (AvgIpc) is 2.15. The summed E-state index contributed by atoms with van der Waals surface area (Å²) in [6.45, 7) is -0.617.